The maximum atomic E-state index is 3.37. The third-order valence-electron chi connectivity index (χ3n) is 3.51. The fourth-order valence-corrected chi connectivity index (χ4v) is 2.53. The van der Waals surface area contributed by atoms with Crippen LogP contribution in [0.5, 0.6) is 0 Å². The standard InChI is InChI=1S/C15H23N3/c1-16-10-6-9-15(18(2)3)13-11-17-14-8-5-4-7-12(13)14/h4-5,7-8,11,15-17H,6,9-10H2,1-3H3. The van der Waals surface area contributed by atoms with E-state index in [9.17, 15) is 0 Å². The Kier molecular flexibility index (Phi) is 4.39. The molecule has 0 saturated heterocycles. The van der Waals surface area contributed by atoms with Crippen LogP contribution in [0.15, 0.2) is 30.5 Å². The SMILES string of the molecule is CNCCCC(c1c[nH]c2ccccc12)N(C)C. The summed E-state index contributed by atoms with van der Waals surface area (Å²) in [5.41, 5.74) is 2.64. The smallest absolute Gasteiger partial charge is 0.0457 e. The summed E-state index contributed by atoms with van der Waals surface area (Å²) in [5.74, 6) is 0. The zero-order chi connectivity index (χ0) is 13.0. The van der Waals surface area contributed by atoms with Gasteiger partial charge < -0.3 is 15.2 Å². The van der Waals surface area contributed by atoms with Gasteiger partial charge >= 0.3 is 0 Å². The zero-order valence-electron chi connectivity index (χ0n) is 11.5. The van der Waals surface area contributed by atoms with Crippen molar-refractivity contribution >= 4 is 10.9 Å². The monoisotopic (exact) mass is 245 g/mol. The summed E-state index contributed by atoms with van der Waals surface area (Å²) in [6.45, 7) is 1.08. The molecule has 1 atom stereocenters. The summed E-state index contributed by atoms with van der Waals surface area (Å²) in [7, 11) is 6.33. The summed E-state index contributed by atoms with van der Waals surface area (Å²) in [6, 6.07) is 9.01. The summed E-state index contributed by atoms with van der Waals surface area (Å²) >= 11 is 0. The number of fused-ring (bicyclic) bond motifs is 1. The molecule has 2 aromatic rings. The van der Waals surface area contributed by atoms with E-state index < -0.39 is 0 Å². The van der Waals surface area contributed by atoms with Crippen LogP contribution in [0.3, 0.4) is 0 Å². The van der Waals surface area contributed by atoms with Crippen LogP contribution in [0.4, 0.5) is 0 Å². The number of para-hydroxylation sites is 1. The van der Waals surface area contributed by atoms with E-state index in [2.05, 4.69) is 59.8 Å². The Hall–Kier alpha value is -1.32. The first kappa shape index (κ1) is 13.1. The van der Waals surface area contributed by atoms with Crippen molar-refractivity contribution in [2.24, 2.45) is 0 Å². The molecule has 2 N–H and O–H groups in total. The van der Waals surface area contributed by atoms with E-state index in [1.54, 1.807) is 0 Å². The Morgan fingerprint density at radius 3 is 2.78 bits per heavy atom. The first-order valence-corrected chi connectivity index (χ1v) is 6.61. The van der Waals surface area contributed by atoms with Crippen molar-refractivity contribution in [1.29, 1.82) is 0 Å². The van der Waals surface area contributed by atoms with Gasteiger partial charge in [-0.3, -0.25) is 0 Å². The molecule has 0 aliphatic heterocycles. The predicted molar refractivity (Wildman–Crippen MR) is 77.9 cm³/mol. The summed E-state index contributed by atoms with van der Waals surface area (Å²) in [6.07, 6.45) is 4.53. The van der Waals surface area contributed by atoms with Gasteiger partial charge in [0.05, 0.1) is 0 Å². The van der Waals surface area contributed by atoms with Crippen molar-refractivity contribution in [3.8, 4) is 0 Å². The van der Waals surface area contributed by atoms with E-state index >= 15 is 0 Å². The molecular weight excluding hydrogens is 222 g/mol. The Morgan fingerprint density at radius 1 is 1.28 bits per heavy atom. The van der Waals surface area contributed by atoms with Crippen LogP contribution in [0.1, 0.15) is 24.4 Å². The van der Waals surface area contributed by atoms with Crippen LogP contribution in [0, 0.1) is 0 Å². The van der Waals surface area contributed by atoms with E-state index in [0.29, 0.717) is 6.04 Å². The molecule has 0 aliphatic rings. The van der Waals surface area contributed by atoms with Gasteiger partial charge in [0, 0.05) is 23.1 Å². The lowest BCUT2D eigenvalue weighted by atomic mass is 10.0. The van der Waals surface area contributed by atoms with Crippen LogP contribution >= 0.6 is 0 Å². The topological polar surface area (TPSA) is 31.1 Å². The van der Waals surface area contributed by atoms with Crippen LogP contribution in [-0.2, 0) is 0 Å². The summed E-state index contributed by atoms with van der Waals surface area (Å²) in [5, 5.41) is 4.57. The molecule has 0 spiro atoms. The predicted octanol–water partition coefficient (Wildman–Crippen LogP) is 2.77. The summed E-state index contributed by atoms with van der Waals surface area (Å²) in [4.78, 5) is 5.68. The molecule has 0 aliphatic carbocycles. The molecule has 3 nitrogen and oxygen atoms in total. The summed E-state index contributed by atoms with van der Waals surface area (Å²) < 4.78 is 0. The quantitative estimate of drug-likeness (QED) is 0.767. The van der Waals surface area contributed by atoms with E-state index in [1.807, 2.05) is 7.05 Å². The minimum atomic E-state index is 0.481. The molecule has 1 aromatic carbocycles. The van der Waals surface area contributed by atoms with Crippen molar-refractivity contribution in [3.05, 3.63) is 36.0 Å². The molecule has 1 heterocycles. The number of nitrogens with zero attached hydrogens (tertiary/aromatic N) is 1. The molecule has 3 heteroatoms. The van der Waals surface area contributed by atoms with Crippen molar-refractivity contribution < 1.29 is 0 Å². The molecule has 1 unspecified atom stereocenters. The highest BCUT2D eigenvalue weighted by Crippen LogP contribution is 2.29. The highest BCUT2D eigenvalue weighted by atomic mass is 15.1. The molecule has 0 bridgehead atoms. The molecule has 1 aromatic heterocycles. The number of hydrogen-bond donors (Lipinski definition) is 2. The largest absolute Gasteiger partial charge is 0.361 e. The van der Waals surface area contributed by atoms with E-state index in [-0.39, 0.29) is 0 Å². The lowest BCUT2D eigenvalue weighted by Crippen LogP contribution is -2.21. The first-order chi connectivity index (χ1) is 8.74. The molecule has 98 valence electrons. The Morgan fingerprint density at radius 2 is 2.06 bits per heavy atom. The number of H-pyrrole nitrogens is 1. The highest BCUT2D eigenvalue weighted by molar-refractivity contribution is 5.83. The van der Waals surface area contributed by atoms with Crippen molar-refractivity contribution in [2.45, 2.75) is 18.9 Å². The maximum absolute atomic E-state index is 3.37. The Bertz CT molecular complexity index is 487. The second-order valence-corrected chi connectivity index (χ2v) is 5.01. The van der Waals surface area contributed by atoms with E-state index in [0.717, 1.165) is 6.54 Å². The third kappa shape index (κ3) is 2.74. The van der Waals surface area contributed by atoms with Crippen LogP contribution in [0.25, 0.3) is 10.9 Å². The van der Waals surface area contributed by atoms with Gasteiger partial charge in [-0.2, -0.15) is 0 Å². The van der Waals surface area contributed by atoms with Gasteiger partial charge in [0.2, 0.25) is 0 Å². The molecule has 0 saturated carbocycles. The fraction of sp³-hybridized carbons (Fsp3) is 0.467. The third-order valence-corrected chi connectivity index (χ3v) is 3.51. The fourth-order valence-electron chi connectivity index (χ4n) is 2.53. The minimum absolute atomic E-state index is 0.481. The van der Waals surface area contributed by atoms with Crippen molar-refractivity contribution in [3.63, 3.8) is 0 Å². The molecule has 0 radical (unpaired) electrons. The average molecular weight is 245 g/mol. The molecule has 2 rings (SSSR count). The van der Waals surface area contributed by atoms with Gasteiger partial charge in [0.1, 0.15) is 0 Å². The lowest BCUT2D eigenvalue weighted by Gasteiger charge is -2.24. The number of aromatic amines is 1. The van der Waals surface area contributed by atoms with Crippen molar-refractivity contribution in [1.82, 2.24) is 15.2 Å². The van der Waals surface area contributed by atoms with Gasteiger partial charge in [-0.05, 0) is 52.2 Å². The van der Waals surface area contributed by atoms with Gasteiger partial charge in [-0.1, -0.05) is 18.2 Å². The average Bonchev–Trinajstić information content (AvgIpc) is 2.78. The molecule has 0 amide bonds. The number of rotatable bonds is 6. The van der Waals surface area contributed by atoms with Gasteiger partial charge in [-0.15, -0.1) is 0 Å². The lowest BCUT2D eigenvalue weighted by molar-refractivity contribution is 0.280. The number of aromatic nitrogens is 1. The van der Waals surface area contributed by atoms with Crippen LogP contribution in [0.2, 0.25) is 0 Å². The van der Waals surface area contributed by atoms with Gasteiger partial charge in [0.15, 0.2) is 0 Å². The van der Waals surface area contributed by atoms with Crippen molar-refractivity contribution in [2.75, 3.05) is 27.7 Å². The Labute approximate surface area is 109 Å². The Balaban J connectivity index is 2.24. The number of hydrogen-bond acceptors (Lipinski definition) is 2. The van der Waals surface area contributed by atoms with E-state index in [1.165, 1.54) is 29.3 Å². The van der Waals surface area contributed by atoms with Gasteiger partial charge in [-0.25, -0.2) is 0 Å². The molecule has 18 heavy (non-hydrogen) atoms. The number of benzene rings is 1. The normalized spacial score (nSPS) is 13.3. The van der Waals surface area contributed by atoms with Gasteiger partial charge in [0.25, 0.3) is 0 Å². The number of nitrogens with one attached hydrogen (secondary N) is 2. The molecular formula is C15H23N3. The van der Waals surface area contributed by atoms with E-state index in [4.69, 9.17) is 0 Å². The maximum Gasteiger partial charge on any atom is 0.0457 e. The van der Waals surface area contributed by atoms with Crippen LogP contribution in [-0.4, -0.2) is 37.6 Å². The zero-order valence-corrected chi connectivity index (χ0v) is 11.5. The second kappa shape index (κ2) is 6.03. The second-order valence-electron chi connectivity index (χ2n) is 5.01. The van der Waals surface area contributed by atoms with Crippen LogP contribution < -0.4 is 5.32 Å². The first-order valence-electron chi connectivity index (χ1n) is 6.61. The molecule has 0 fully saturated rings. The minimum Gasteiger partial charge on any atom is -0.361 e. The highest BCUT2D eigenvalue weighted by Gasteiger charge is 2.17.